The molecule has 4 amide bonds. The number of benzene rings is 2. The standard InChI is InChI=1S/C23H19I2N3O4/c1-3-9-32-21-16(24)10-14(11-17(21)25)12-19-22(30)28(23(31)27-19)13-20(29)26-18-8-6-5-7-15(18)4-2/h1,5-8,10-12H,4,9,13H2,2H3,(H,26,29)(H,27,31)/b19-12+. The van der Waals surface area contributed by atoms with Crippen LogP contribution in [0.15, 0.2) is 42.1 Å². The molecule has 1 aliphatic heterocycles. The number of ether oxygens (including phenoxy) is 1. The van der Waals surface area contributed by atoms with Crippen LogP contribution in [-0.2, 0) is 16.0 Å². The minimum Gasteiger partial charge on any atom is -0.479 e. The summed E-state index contributed by atoms with van der Waals surface area (Å²) in [6, 6.07) is 10.4. The molecule has 0 spiro atoms. The summed E-state index contributed by atoms with van der Waals surface area (Å²) in [7, 11) is 0. The fourth-order valence-corrected chi connectivity index (χ4v) is 5.21. The number of rotatable bonds is 7. The highest BCUT2D eigenvalue weighted by Crippen LogP contribution is 2.30. The molecule has 2 aromatic carbocycles. The number of halogens is 2. The molecular weight excluding hydrogens is 636 g/mol. The summed E-state index contributed by atoms with van der Waals surface area (Å²) in [4.78, 5) is 38.4. The molecule has 32 heavy (non-hydrogen) atoms. The summed E-state index contributed by atoms with van der Waals surface area (Å²) in [5, 5.41) is 5.31. The van der Waals surface area contributed by atoms with E-state index in [1.807, 2.05) is 37.3 Å². The average molecular weight is 655 g/mol. The molecule has 0 saturated carbocycles. The Morgan fingerprint density at radius 2 is 1.94 bits per heavy atom. The Bertz CT molecular complexity index is 1130. The van der Waals surface area contributed by atoms with Crippen LogP contribution in [0.2, 0.25) is 0 Å². The molecule has 0 atom stereocenters. The largest absolute Gasteiger partial charge is 0.479 e. The number of carbonyl (C=O) groups is 3. The van der Waals surface area contributed by atoms with Crippen LogP contribution in [0.1, 0.15) is 18.1 Å². The first-order valence-corrected chi connectivity index (χ1v) is 11.8. The summed E-state index contributed by atoms with van der Waals surface area (Å²) < 4.78 is 7.18. The summed E-state index contributed by atoms with van der Waals surface area (Å²) in [6.07, 6.45) is 7.56. The van der Waals surface area contributed by atoms with Crippen molar-refractivity contribution in [2.45, 2.75) is 13.3 Å². The number of aryl methyl sites for hydroxylation is 1. The number of terminal acetylenes is 1. The van der Waals surface area contributed by atoms with Crippen molar-refractivity contribution < 1.29 is 19.1 Å². The van der Waals surface area contributed by atoms with E-state index in [0.717, 1.165) is 24.0 Å². The van der Waals surface area contributed by atoms with Gasteiger partial charge in [0.2, 0.25) is 5.91 Å². The predicted octanol–water partition coefficient (Wildman–Crippen LogP) is 4.00. The molecule has 2 N–H and O–H groups in total. The smallest absolute Gasteiger partial charge is 0.329 e. The van der Waals surface area contributed by atoms with Gasteiger partial charge in [-0.2, -0.15) is 0 Å². The van der Waals surface area contributed by atoms with Gasteiger partial charge in [-0.1, -0.05) is 31.0 Å². The van der Waals surface area contributed by atoms with E-state index in [9.17, 15) is 14.4 Å². The minimum atomic E-state index is -0.640. The van der Waals surface area contributed by atoms with Crippen LogP contribution in [0.3, 0.4) is 0 Å². The van der Waals surface area contributed by atoms with Crippen LogP contribution < -0.4 is 15.4 Å². The highest BCUT2D eigenvalue weighted by atomic mass is 127. The van der Waals surface area contributed by atoms with Crippen molar-refractivity contribution in [3.05, 3.63) is 60.4 Å². The number of amides is 4. The minimum absolute atomic E-state index is 0.0978. The van der Waals surface area contributed by atoms with Crippen molar-refractivity contribution in [1.29, 1.82) is 0 Å². The van der Waals surface area contributed by atoms with Crippen molar-refractivity contribution in [2.24, 2.45) is 0 Å². The summed E-state index contributed by atoms with van der Waals surface area (Å²) in [5.41, 5.74) is 2.44. The van der Waals surface area contributed by atoms with E-state index in [1.54, 1.807) is 12.1 Å². The fourth-order valence-electron chi connectivity index (χ4n) is 3.08. The Balaban J connectivity index is 1.74. The number of hydrogen-bond donors (Lipinski definition) is 2. The third-order valence-corrected chi connectivity index (χ3v) is 6.17. The third kappa shape index (κ3) is 5.60. The zero-order valence-electron chi connectivity index (χ0n) is 17.1. The lowest BCUT2D eigenvalue weighted by Gasteiger charge is -2.13. The molecule has 1 fully saturated rings. The number of imide groups is 1. The van der Waals surface area contributed by atoms with Gasteiger partial charge in [0.25, 0.3) is 5.91 Å². The molecule has 1 aliphatic rings. The second-order valence-electron chi connectivity index (χ2n) is 6.74. The summed E-state index contributed by atoms with van der Waals surface area (Å²) in [5.74, 6) is 2.08. The monoisotopic (exact) mass is 655 g/mol. The van der Waals surface area contributed by atoms with Gasteiger partial charge in [-0.05, 0) is 87.0 Å². The van der Waals surface area contributed by atoms with Gasteiger partial charge in [0, 0.05) is 5.69 Å². The number of urea groups is 1. The Hall–Kier alpha value is -2.59. The first-order chi connectivity index (χ1) is 15.3. The molecule has 0 aliphatic carbocycles. The van der Waals surface area contributed by atoms with Crippen molar-refractivity contribution >= 4 is 74.8 Å². The highest BCUT2D eigenvalue weighted by Gasteiger charge is 2.35. The molecular formula is C23H19I2N3O4. The fraction of sp³-hybridized carbons (Fsp3) is 0.174. The summed E-state index contributed by atoms with van der Waals surface area (Å²) >= 11 is 4.24. The van der Waals surface area contributed by atoms with Gasteiger partial charge in [0.15, 0.2) is 0 Å². The Morgan fingerprint density at radius 1 is 1.25 bits per heavy atom. The molecule has 0 unspecified atom stereocenters. The second kappa shape index (κ2) is 10.8. The topological polar surface area (TPSA) is 87.7 Å². The van der Waals surface area contributed by atoms with Crippen LogP contribution in [0.4, 0.5) is 10.5 Å². The first-order valence-electron chi connectivity index (χ1n) is 9.61. The van der Waals surface area contributed by atoms with E-state index in [4.69, 9.17) is 11.2 Å². The van der Waals surface area contributed by atoms with Gasteiger partial charge < -0.3 is 15.4 Å². The maximum absolute atomic E-state index is 12.8. The van der Waals surface area contributed by atoms with Gasteiger partial charge >= 0.3 is 6.03 Å². The molecule has 164 valence electrons. The quantitative estimate of drug-likeness (QED) is 0.205. The van der Waals surface area contributed by atoms with Crippen LogP contribution >= 0.6 is 45.2 Å². The molecule has 0 radical (unpaired) electrons. The number of carbonyl (C=O) groups excluding carboxylic acids is 3. The summed E-state index contributed by atoms with van der Waals surface area (Å²) in [6.45, 7) is 1.75. The number of nitrogens with zero attached hydrogens (tertiary/aromatic N) is 1. The third-order valence-electron chi connectivity index (χ3n) is 4.57. The zero-order chi connectivity index (χ0) is 23.3. The highest BCUT2D eigenvalue weighted by molar-refractivity contribution is 14.1. The van der Waals surface area contributed by atoms with E-state index in [-0.39, 0.29) is 18.8 Å². The zero-order valence-corrected chi connectivity index (χ0v) is 21.4. The Morgan fingerprint density at radius 3 is 2.59 bits per heavy atom. The Kier molecular flexibility index (Phi) is 8.14. The lowest BCUT2D eigenvalue weighted by Crippen LogP contribution is -2.38. The second-order valence-corrected chi connectivity index (χ2v) is 9.07. The van der Waals surface area contributed by atoms with Gasteiger partial charge in [-0.25, -0.2) is 9.69 Å². The number of hydrogen-bond acceptors (Lipinski definition) is 4. The van der Waals surface area contributed by atoms with Crippen molar-refractivity contribution in [1.82, 2.24) is 10.2 Å². The predicted molar refractivity (Wildman–Crippen MR) is 139 cm³/mol. The van der Waals surface area contributed by atoms with E-state index >= 15 is 0 Å². The van der Waals surface area contributed by atoms with Crippen molar-refractivity contribution in [2.75, 3.05) is 18.5 Å². The van der Waals surface area contributed by atoms with Crippen molar-refractivity contribution in [3.63, 3.8) is 0 Å². The number of para-hydroxylation sites is 1. The van der Waals surface area contributed by atoms with Gasteiger partial charge in [-0.15, -0.1) is 6.42 Å². The molecule has 1 saturated heterocycles. The number of nitrogens with one attached hydrogen (secondary N) is 2. The normalized spacial score (nSPS) is 14.3. The molecule has 2 aromatic rings. The lowest BCUT2D eigenvalue weighted by molar-refractivity contribution is -0.127. The van der Waals surface area contributed by atoms with Crippen LogP contribution in [-0.4, -0.2) is 35.9 Å². The maximum atomic E-state index is 12.8. The average Bonchev–Trinajstić information content (AvgIpc) is 3.01. The molecule has 0 aromatic heterocycles. The van der Waals surface area contributed by atoms with Crippen LogP contribution in [0.5, 0.6) is 5.75 Å². The van der Waals surface area contributed by atoms with Gasteiger partial charge in [0.05, 0.1) is 7.14 Å². The lowest BCUT2D eigenvalue weighted by atomic mass is 10.1. The van der Waals surface area contributed by atoms with E-state index in [0.29, 0.717) is 17.0 Å². The van der Waals surface area contributed by atoms with E-state index in [2.05, 4.69) is 61.7 Å². The molecule has 9 heteroatoms. The van der Waals surface area contributed by atoms with Crippen molar-refractivity contribution in [3.8, 4) is 18.1 Å². The van der Waals surface area contributed by atoms with E-state index < -0.39 is 17.8 Å². The maximum Gasteiger partial charge on any atom is 0.329 e. The first kappa shape index (κ1) is 24.1. The molecule has 0 bridgehead atoms. The van der Waals surface area contributed by atoms with Crippen LogP contribution in [0, 0.1) is 19.5 Å². The van der Waals surface area contributed by atoms with Gasteiger partial charge in [0.1, 0.15) is 24.6 Å². The Labute approximate surface area is 213 Å². The molecule has 7 nitrogen and oxygen atoms in total. The SMILES string of the molecule is C#CCOc1c(I)cc(/C=C2/NC(=O)N(CC(=O)Nc3ccccc3CC)C2=O)cc1I. The van der Waals surface area contributed by atoms with Gasteiger partial charge in [-0.3, -0.25) is 9.59 Å². The van der Waals surface area contributed by atoms with Crippen LogP contribution in [0.25, 0.3) is 6.08 Å². The molecule has 1 heterocycles. The number of anilines is 1. The molecule has 3 rings (SSSR count). The van der Waals surface area contributed by atoms with E-state index in [1.165, 1.54) is 0 Å².